The van der Waals surface area contributed by atoms with Crippen LogP contribution in [0.2, 0.25) is 0 Å². The first-order valence-electron chi connectivity index (χ1n) is 6.44. The summed E-state index contributed by atoms with van der Waals surface area (Å²) in [4.78, 5) is 0. The minimum Gasteiger partial charge on any atom is -0.305 e. The Bertz CT molecular complexity index is 470. The van der Waals surface area contributed by atoms with E-state index in [0.29, 0.717) is 18.5 Å². The lowest BCUT2D eigenvalue weighted by Gasteiger charge is -2.23. The molecule has 0 unspecified atom stereocenters. The molecule has 0 fully saturated rings. The van der Waals surface area contributed by atoms with Gasteiger partial charge in [0.25, 0.3) is 0 Å². The molecule has 0 N–H and O–H groups in total. The molecule has 1 aromatic carbocycles. The van der Waals surface area contributed by atoms with Crippen LogP contribution in [0.1, 0.15) is 40.2 Å². The number of benzene rings is 1. The Morgan fingerprint density at radius 3 is 2.11 bits per heavy atom. The molecule has 0 atom stereocenters. The molecule has 0 saturated heterocycles. The second-order valence-electron chi connectivity index (χ2n) is 5.25. The average Bonchev–Trinajstić information content (AvgIpc) is 2.28. The summed E-state index contributed by atoms with van der Waals surface area (Å²) >= 11 is 3.44. The zero-order valence-electron chi connectivity index (χ0n) is 12.2. The van der Waals surface area contributed by atoms with Gasteiger partial charge in [-0.3, -0.25) is 4.57 Å². The average molecular weight is 349 g/mol. The van der Waals surface area contributed by atoms with Crippen LogP contribution in [0.25, 0.3) is 0 Å². The van der Waals surface area contributed by atoms with Gasteiger partial charge in [-0.25, -0.2) is 0 Å². The summed E-state index contributed by atoms with van der Waals surface area (Å²) in [6.45, 7) is 10.7. The number of halogens is 1. The van der Waals surface area contributed by atoms with E-state index in [0.717, 1.165) is 10.0 Å². The molecule has 108 valence electrons. The van der Waals surface area contributed by atoms with Crippen LogP contribution in [0.15, 0.2) is 22.7 Å². The lowest BCUT2D eigenvalue weighted by molar-refractivity contribution is 0.229. The second-order valence-corrected chi connectivity index (χ2v) is 8.10. The van der Waals surface area contributed by atoms with Gasteiger partial charge in [0.1, 0.15) is 0 Å². The standard InChI is InChI=1S/C14H22BrO3P/c1-6-17-19(16,18-7-2)13-10-11(14(3,4)5)8-9-12(13)15/h8-10H,6-7H2,1-5H3. The molecular weight excluding hydrogens is 327 g/mol. The Labute approximate surface area is 124 Å². The lowest BCUT2D eigenvalue weighted by Crippen LogP contribution is -2.18. The summed E-state index contributed by atoms with van der Waals surface area (Å²) in [6, 6.07) is 5.84. The molecule has 0 amide bonds. The normalized spacial score (nSPS) is 12.7. The maximum Gasteiger partial charge on any atom is 0.362 e. The number of hydrogen-bond donors (Lipinski definition) is 0. The highest BCUT2D eigenvalue weighted by Crippen LogP contribution is 2.49. The second kappa shape index (κ2) is 6.53. The van der Waals surface area contributed by atoms with E-state index in [1.165, 1.54) is 0 Å². The van der Waals surface area contributed by atoms with Crippen molar-refractivity contribution in [1.29, 1.82) is 0 Å². The monoisotopic (exact) mass is 348 g/mol. The van der Waals surface area contributed by atoms with Crippen molar-refractivity contribution in [2.24, 2.45) is 0 Å². The van der Waals surface area contributed by atoms with Gasteiger partial charge < -0.3 is 9.05 Å². The molecule has 0 aliphatic rings. The molecule has 0 spiro atoms. The molecule has 19 heavy (non-hydrogen) atoms. The van der Waals surface area contributed by atoms with Crippen LogP contribution in [-0.2, 0) is 19.0 Å². The van der Waals surface area contributed by atoms with E-state index < -0.39 is 7.60 Å². The van der Waals surface area contributed by atoms with Crippen molar-refractivity contribution in [2.45, 2.75) is 40.0 Å². The third-order valence-electron chi connectivity index (χ3n) is 2.71. The van der Waals surface area contributed by atoms with Gasteiger partial charge in [0.05, 0.1) is 18.5 Å². The Balaban J connectivity index is 3.34. The smallest absolute Gasteiger partial charge is 0.305 e. The first kappa shape index (κ1) is 16.9. The zero-order valence-corrected chi connectivity index (χ0v) is 14.7. The first-order valence-corrected chi connectivity index (χ1v) is 8.78. The van der Waals surface area contributed by atoms with Crippen LogP contribution >= 0.6 is 23.5 Å². The maximum absolute atomic E-state index is 12.8. The van der Waals surface area contributed by atoms with Gasteiger partial charge in [-0.2, -0.15) is 0 Å². The summed E-state index contributed by atoms with van der Waals surface area (Å²) in [5, 5.41) is 0.601. The molecule has 0 aliphatic carbocycles. The molecule has 0 radical (unpaired) electrons. The van der Waals surface area contributed by atoms with Crippen LogP contribution in [0.5, 0.6) is 0 Å². The van der Waals surface area contributed by atoms with E-state index in [4.69, 9.17) is 9.05 Å². The Morgan fingerprint density at radius 1 is 1.16 bits per heavy atom. The van der Waals surface area contributed by atoms with Crippen molar-refractivity contribution < 1.29 is 13.6 Å². The van der Waals surface area contributed by atoms with E-state index >= 15 is 0 Å². The predicted molar refractivity (Wildman–Crippen MR) is 83.3 cm³/mol. The zero-order chi connectivity index (χ0) is 14.7. The van der Waals surface area contributed by atoms with Gasteiger partial charge in [-0.1, -0.05) is 26.8 Å². The van der Waals surface area contributed by atoms with Crippen molar-refractivity contribution in [3.05, 3.63) is 28.2 Å². The van der Waals surface area contributed by atoms with Gasteiger partial charge in [-0.15, -0.1) is 0 Å². The minimum absolute atomic E-state index is 0.0152. The van der Waals surface area contributed by atoms with Gasteiger partial charge in [0.2, 0.25) is 0 Å². The van der Waals surface area contributed by atoms with E-state index in [1.807, 2.05) is 32.0 Å². The summed E-state index contributed by atoms with van der Waals surface area (Å²) in [5.74, 6) is 0. The molecule has 1 aromatic rings. The number of rotatable bonds is 5. The SMILES string of the molecule is CCOP(=O)(OCC)c1cc(C(C)(C)C)ccc1Br. The maximum atomic E-state index is 12.8. The third-order valence-corrected chi connectivity index (χ3v) is 5.86. The molecule has 5 heteroatoms. The Hall–Kier alpha value is -0.150. The fraction of sp³-hybridized carbons (Fsp3) is 0.571. The fourth-order valence-corrected chi connectivity index (χ4v) is 4.27. The van der Waals surface area contributed by atoms with Crippen LogP contribution in [-0.4, -0.2) is 13.2 Å². The highest BCUT2D eigenvalue weighted by molar-refractivity contribution is 9.10. The van der Waals surface area contributed by atoms with Crippen LogP contribution in [0.4, 0.5) is 0 Å². The van der Waals surface area contributed by atoms with Crippen LogP contribution in [0, 0.1) is 0 Å². The molecule has 1 rings (SSSR count). The molecule has 0 aromatic heterocycles. The summed E-state index contributed by atoms with van der Waals surface area (Å²) in [5.41, 5.74) is 1.09. The van der Waals surface area contributed by atoms with Crippen LogP contribution < -0.4 is 5.30 Å². The van der Waals surface area contributed by atoms with Gasteiger partial charge >= 0.3 is 7.60 Å². The Morgan fingerprint density at radius 2 is 1.68 bits per heavy atom. The van der Waals surface area contributed by atoms with Crippen molar-refractivity contribution in [2.75, 3.05) is 13.2 Å². The largest absolute Gasteiger partial charge is 0.362 e. The van der Waals surface area contributed by atoms with Crippen molar-refractivity contribution in [1.82, 2.24) is 0 Å². The third kappa shape index (κ3) is 4.16. The van der Waals surface area contributed by atoms with E-state index in [1.54, 1.807) is 0 Å². The van der Waals surface area contributed by atoms with Crippen LogP contribution in [0.3, 0.4) is 0 Å². The van der Waals surface area contributed by atoms with Crippen molar-refractivity contribution in [3.63, 3.8) is 0 Å². The highest BCUT2D eigenvalue weighted by Gasteiger charge is 2.30. The summed E-state index contributed by atoms with van der Waals surface area (Å²) in [6.07, 6.45) is 0. The quantitative estimate of drug-likeness (QED) is 0.727. The molecule has 0 bridgehead atoms. The topological polar surface area (TPSA) is 35.5 Å². The summed E-state index contributed by atoms with van der Waals surface area (Å²) in [7, 11) is -3.25. The van der Waals surface area contributed by atoms with E-state index in [2.05, 4.69) is 36.7 Å². The van der Waals surface area contributed by atoms with Gasteiger partial charge in [-0.05, 0) is 52.9 Å². The predicted octanol–water partition coefficient (Wildman–Crippen LogP) is 4.64. The fourth-order valence-electron chi connectivity index (χ4n) is 1.71. The molecule has 0 aliphatic heterocycles. The molecular formula is C14H22BrO3P. The minimum atomic E-state index is -3.25. The van der Waals surface area contributed by atoms with Gasteiger partial charge in [0.15, 0.2) is 0 Å². The van der Waals surface area contributed by atoms with Crippen molar-refractivity contribution in [3.8, 4) is 0 Å². The van der Waals surface area contributed by atoms with E-state index in [-0.39, 0.29) is 5.41 Å². The number of hydrogen-bond acceptors (Lipinski definition) is 3. The molecule has 0 saturated carbocycles. The molecule has 3 nitrogen and oxygen atoms in total. The lowest BCUT2D eigenvalue weighted by atomic mass is 9.87. The summed E-state index contributed by atoms with van der Waals surface area (Å²) < 4.78 is 24.4. The van der Waals surface area contributed by atoms with E-state index in [9.17, 15) is 4.57 Å². The first-order chi connectivity index (χ1) is 8.74. The van der Waals surface area contributed by atoms with Crippen molar-refractivity contribution >= 4 is 28.8 Å². The Kier molecular flexibility index (Phi) is 5.81. The molecule has 0 heterocycles. The highest BCUT2D eigenvalue weighted by atomic mass is 79.9. The van der Waals surface area contributed by atoms with Gasteiger partial charge in [0, 0.05) is 4.47 Å².